The fraction of sp³-hybridized carbons (Fsp3) is 0.650. The monoisotopic (exact) mass is 1780 g/mol. The van der Waals surface area contributed by atoms with Crippen LogP contribution in [0.2, 0.25) is 0 Å². The van der Waals surface area contributed by atoms with Crippen LogP contribution in [0.1, 0.15) is 526 Å². The van der Waals surface area contributed by atoms with Crippen molar-refractivity contribution in [1.82, 2.24) is 0 Å². The molecule has 7 rings (SSSR count). The van der Waals surface area contributed by atoms with Crippen LogP contribution in [0.4, 0.5) is 26.3 Å². The van der Waals surface area contributed by atoms with Gasteiger partial charge in [-0.25, -0.2) is 0 Å². The molecule has 0 nitrogen and oxygen atoms in total. The highest BCUT2D eigenvalue weighted by Crippen LogP contribution is 2.52. The van der Waals surface area contributed by atoms with Crippen molar-refractivity contribution >= 4 is 0 Å². The maximum Gasteiger partial charge on any atom is 0.394 e. The summed E-state index contributed by atoms with van der Waals surface area (Å²) in [5.41, 5.74) is -1.25. The van der Waals surface area contributed by atoms with E-state index in [9.17, 15) is 26.3 Å². The predicted octanol–water partition coefficient (Wildman–Crippen LogP) is 39.0. The molecular formula is C120H192F6. The number of halogens is 6. The van der Waals surface area contributed by atoms with Gasteiger partial charge >= 0.3 is 12.4 Å². The van der Waals surface area contributed by atoms with Gasteiger partial charge < -0.3 is 0 Å². The molecule has 4 unspecified atom stereocenters. The predicted molar refractivity (Wildman–Crippen MR) is 549 cm³/mol. The van der Waals surface area contributed by atoms with Gasteiger partial charge in [0.25, 0.3) is 0 Å². The van der Waals surface area contributed by atoms with Gasteiger partial charge in [-0.2, -0.15) is 26.3 Å². The van der Waals surface area contributed by atoms with Gasteiger partial charge in [0.1, 0.15) is 0 Å². The van der Waals surface area contributed by atoms with E-state index in [-0.39, 0.29) is 78.2 Å². The lowest BCUT2D eigenvalue weighted by Crippen LogP contribution is -2.38. The zero-order chi connectivity index (χ0) is 128. The summed E-state index contributed by atoms with van der Waals surface area (Å²) in [6.45, 7) is 63.7. The topological polar surface area (TPSA) is 0 Å². The summed E-state index contributed by atoms with van der Waals surface area (Å²) in [7, 11) is 0. The van der Waals surface area contributed by atoms with Crippen molar-refractivity contribution < 1.29 is 71.6 Å². The Morgan fingerprint density at radius 1 is 0.294 bits per heavy atom. The summed E-state index contributed by atoms with van der Waals surface area (Å²) >= 11 is 0. The van der Waals surface area contributed by atoms with Gasteiger partial charge in [-0.1, -0.05) is 484 Å². The van der Waals surface area contributed by atoms with E-state index >= 15 is 0 Å². The number of benzene rings is 7. The first-order valence-electron chi connectivity index (χ1n) is 61.2. The lowest BCUT2D eigenvalue weighted by molar-refractivity contribution is -0.218. The molecule has 126 heavy (non-hydrogen) atoms. The van der Waals surface area contributed by atoms with Gasteiger partial charge in [0.05, 0.1) is 10.8 Å². The smallest absolute Gasteiger partial charge is 0.171 e. The van der Waals surface area contributed by atoms with Crippen LogP contribution in [0.5, 0.6) is 0 Å². The lowest BCUT2D eigenvalue weighted by Gasteiger charge is -2.39. The average Bonchev–Trinajstić information content (AvgIpc) is 0.711. The van der Waals surface area contributed by atoms with Gasteiger partial charge in [-0.3, -0.25) is 0 Å². The van der Waals surface area contributed by atoms with Crippen molar-refractivity contribution in [3.05, 3.63) is 246 Å². The summed E-state index contributed by atoms with van der Waals surface area (Å²) in [4.78, 5) is 0. The maximum atomic E-state index is 13.8. The van der Waals surface area contributed by atoms with Gasteiger partial charge in [0, 0.05) is 45.2 Å². The summed E-state index contributed by atoms with van der Waals surface area (Å²) in [5, 5.41) is 0. The van der Waals surface area contributed by atoms with Gasteiger partial charge in [0.2, 0.25) is 0 Å². The first-order valence-corrected chi connectivity index (χ1v) is 44.7. The molecule has 0 aliphatic rings. The summed E-state index contributed by atoms with van der Waals surface area (Å²) in [6.07, 6.45) is -20.7. The van der Waals surface area contributed by atoms with Crippen molar-refractivity contribution in [2.24, 2.45) is 44.8 Å². The van der Waals surface area contributed by atoms with E-state index in [1.54, 1.807) is 59.7 Å². The van der Waals surface area contributed by atoms with Crippen molar-refractivity contribution in [1.29, 1.82) is 0 Å². The molecular weight excluding hydrogens is 1560 g/mol. The summed E-state index contributed by atoms with van der Waals surface area (Å²) in [6, 6.07) is 41.0. The molecule has 0 bridgehead atoms. The Kier molecular flexibility index (Phi) is 26.8. The molecule has 0 spiro atoms. The Labute approximate surface area is 822 Å². The second kappa shape index (κ2) is 46.5. The molecule has 0 aliphatic heterocycles. The van der Waals surface area contributed by atoms with Crippen LogP contribution in [0.15, 0.2) is 146 Å². The molecule has 0 heterocycles. The Morgan fingerprint density at radius 2 is 0.603 bits per heavy atom. The molecule has 0 saturated heterocycles. The average molecular weight is 1780 g/mol. The molecule has 7 aromatic rings. The molecule has 0 aromatic heterocycles. The number of alkyl halides is 6. The van der Waals surface area contributed by atoms with Crippen LogP contribution in [-0.2, 0) is 69.8 Å². The highest BCUT2D eigenvalue weighted by molar-refractivity contribution is 5.48. The van der Waals surface area contributed by atoms with E-state index in [2.05, 4.69) is 118 Å². The van der Waals surface area contributed by atoms with E-state index in [1.807, 2.05) is 189 Å². The summed E-state index contributed by atoms with van der Waals surface area (Å²) in [5.74, 6) is -12.4. The van der Waals surface area contributed by atoms with Gasteiger partial charge in [-0.15, -0.1) is 0 Å². The fourth-order valence-corrected chi connectivity index (χ4v) is 14.2. The van der Waals surface area contributed by atoms with Crippen LogP contribution in [-0.4, -0.2) is 12.4 Å². The minimum absolute atomic E-state index is 0.0119. The van der Waals surface area contributed by atoms with Crippen molar-refractivity contribution in [3.63, 3.8) is 0 Å². The highest BCUT2D eigenvalue weighted by atomic mass is 19.4. The van der Waals surface area contributed by atoms with E-state index in [0.717, 1.165) is 103 Å². The van der Waals surface area contributed by atoms with Crippen LogP contribution >= 0.6 is 0 Å². The Balaban J connectivity index is 0.000000937. The Morgan fingerprint density at radius 3 is 0.968 bits per heavy atom. The van der Waals surface area contributed by atoms with Crippen molar-refractivity contribution in [2.75, 3.05) is 0 Å². The molecule has 0 amide bonds. The fourth-order valence-electron chi connectivity index (χ4n) is 14.2. The lowest BCUT2D eigenvalue weighted by atomic mass is 9.68. The Hall–Kier alpha value is -5.88. The largest absolute Gasteiger partial charge is 0.394 e. The Bertz CT molecular complexity index is 5670. The van der Waals surface area contributed by atoms with Crippen LogP contribution in [0.25, 0.3) is 0 Å². The van der Waals surface area contributed by atoms with E-state index in [4.69, 9.17) is 45.2 Å². The molecule has 6 heteroatoms. The molecule has 0 N–H and O–H groups in total. The van der Waals surface area contributed by atoms with Gasteiger partial charge in [0.15, 0.2) is 0 Å². The SMILES string of the molecule is [2H]C([2H])([2H])C([2H])(c1cccc(C([2H])(C([2H])([2H])[2H])C([2H])([2H])C)c1C(C)(C)C)C([2H])([2H])[2H].[2H]C([2H])([2H])C([2H])(c1ccccc1C(C)(C)C)C([2H])([2H])[2H].[2H]C([2H])(c1cccc(C([2H])(C)C(C)(C)C(F)(F)F)c1C(C)(C)C)C(C)(C)C(F)(F)F.[2H]C([2H])(c1cccc(C([2H])(C)C(C)(C)C)c1C(C)(C)C)C(C)(C)C.[2H]C([2H])(c1cccc(C([2H])(C)C(C)C)c1C(C)(C)C)C(C)C.[2H]C([2H])(c1ccccc1C(C)(C)C)C(C)(C)C.[2H]C([2H])(c1ccccc1C(C)(C)C)C(C)C. The van der Waals surface area contributed by atoms with Crippen LogP contribution in [0, 0.1) is 44.8 Å². The van der Waals surface area contributed by atoms with E-state index in [0.29, 0.717) is 5.56 Å². The van der Waals surface area contributed by atoms with Crippen LogP contribution in [0.3, 0.4) is 0 Å². The zero-order valence-electron chi connectivity index (χ0n) is 119. The number of rotatable bonds is 17. The second-order valence-electron chi connectivity index (χ2n) is 45.7. The number of hydrogen-bond acceptors (Lipinski definition) is 0. The molecule has 714 valence electrons. The first-order chi connectivity index (χ1) is 69.2. The zero-order valence-corrected chi connectivity index (χ0v) is 86.4. The normalized spacial score (nSPS) is 20.3. The standard InChI is InChI=1S/C21H30F6.C21H36.C19H32.C17H28.C15H24.C14H22.C13H20/c1-13(19(7,8)21(25,26)27)15-11-9-10-14(16(15)17(2,3)4)12-18(5,6)20(22,23)24;1-15(20(5,6)7)17-13-11-12-16(14-19(2,3)4)18(17)21(8,9)10;1-13(2)12-16-10-9-11-17(15(5)14(3)4)18(16)19(6,7)8;1-8-13(4)15-11-9-10-14(12(2)3)16(15)17(5,6)7;1-14(2,3)11-12-9-7-8-10-13(12)15(4,5)6;1-11(2)10-12-8-6-7-9-13(12)14(3,4)5;1-10(2)11-8-6-7-9-12(11)13(3,4)5/h9-11,13H,12H2,1-8H3;11-13,15H,14H2,1-10H3;9-11,13-15H,12H2,1-8H3;9-13H,8H2,1-7H3;7-10H,11H2,1-6H3;6-9,11H,10H2,1-5H3;6-10H,1-5H3/i12D2,13D;14D2,15D;12D2,15D;2D3,3D3,4D3,8D2,12D,13D;11D2;10D2;1D3,2D3,10D. The summed E-state index contributed by atoms with van der Waals surface area (Å²) < 4.78 is 351. The molecule has 0 fully saturated rings. The first kappa shape index (κ1) is 72.7. The van der Waals surface area contributed by atoms with Crippen molar-refractivity contribution in [2.45, 2.75) is 463 Å². The van der Waals surface area contributed by atoms with Gasteiger partial charge in [-0.05, 0) is 246 Å². The van der Waals surface area contributed by atoms with Crippen LogP contribution < -0.4 is 0 Å². The quantitative estimate of drug-likeness (QED) is 0.0797. The molecule has 0 aliphatic carbocycles. The third kappa shape index (κ3) is 37.4. The minimum Gasteiger partial charge on any atom is -0.171 e. The maximum absolute atomic E-state index is 13.8. The van der Waals surface area contributed by atoms with E-state index < -0.39 is 164 Å². The minimum atomic E-state index is -4.91. The molecule has 0 radical (unpaired) electrons. The third-order valence-corrected chi connectivity index (χ3v) is 21.5. The molecule has 7 aromatic carbocycles. The molecule has 0 saturated carbocycles. The highest BCUT2D eigenvalue weighted by Gasteiger charge is 2.53. The second-order valence-corrected chi connectivity index (χ2v) is 45.7. The van der Waals surface area contributed by atoms with Crippen molar-refractivity contribution in [3.8, 4) is 0 Å². The van der Waals surface area contributed by atoms with E-state index in [1.165, 1.54) is 36.4 Å². The number of hydrogen-bond donors (Lipinski definition) is 0. The third-order valence-electron chi connectivity index (χ3n) is 21.5. The molecule has 4 atom stereocenters.